The Morgan fingerprint density at radius 3 is 2.73 bits per heavy atom. The Morgan fingerprint density at radius 1 is 1.32 bits per heavy atom. The summed E-state index contributed by atoms with van der Waals surface area (Å²) in [6.45, 7) is -0.0827. The molecule has 2 amide bonds. The molecule has 5 heteroatoms. The number of nitrogens with one attached hydrogen (secondary N) is 2. The van der Waals surface area contributed by atoms with Crippen molar-refractivity contribution in [1.29, 1.82) is 0 Å². The first-order chi connectivity index (χ1) is 10.7. The summed E-state index contributed by atoms with van der Waals surface area (Å²) < 4.78 is 5.44. The summed E-state index contributed by atoms with van der Waals surface area (Å²) in [6.07, 6.45) is 4.87. The molecule has 0 unspecified atom stereocenters. The highest BCUT2D eigenvalue weighted by atomic mass is 16.5. The maximum Gasteiger partial charge on any atom is 0.315 e. The van der Waals surface area contributed by atoms with Gasteiger partial charge in [0.2, 0.25) is 0 Å². The van der Waals surface area contributed by atoms with Crippen molar-refractivity contribution in [3.05, 3.63) is 35.9 Å². The number of carbonyl (C=O) groups is 1. The molecule has 1 aromatic carbocycles. The zero-order chi connectivity index (χ0) is 15.8. The van der Waals surface area contributed by atoms with Gasteiger partial charge in [0, 0.05) is 7.11 Å². The molecule has 22 heavy (non-hydrogen) atoms. The molecule has 0 heterocycles. The van der Waals surface area contributed by atoms with Crippen LogP contribution in [0.25, 0.3) is 0 Å². The summed E-state index contributed by atoms with van der Waals surface area (Å²) in [6, 6.07) is 9.37. The summed E-state index contributed by atoms with van der Waals surface area (Å²) in [4.78, 5) is 12.1. The molecule has 1 aromatic rings. The summed E-state index contributed by atoms with van der Waals surface area (Å²) in [5.74, 6) is 0. The highest BCUT2D eigenvalue weighted by Gasteiger charge is 2.26. The molecular weight excluding hydrogens is 280 g/mol. The lowest BCUT2D eigenvalue weighted by molar-refractivity contribution is 0.0449. The molecule has 0 spiro atoms. The molecule has 1 fully saturated rings. The maximum absolute atomic E-state index is 12.1. The van der Waals surface area contributed by atoms with E-state index < -0.39 is 0 Å². The maximum atomic E-state index is 12.1. The molecule has 0 aliphatic heterocycles. The number of hydrogen-bond acceptors (Lipinski definition) is 3. The Hall–Kier alpha value is -1.59. The van der Waals surface area contributed by atoms with Crippen LogP contribution < -0.4 is 10.6 Å². The van der Waals surface area contributed by atoms with Gasteiger partial charge in [0.05, 0.1) is 24.8 Å². The van der Waals surface area contributed by atoms with Crippen LogP contribution in [-0.2, 0) is 11.2 Å². The van der Waals surface area contributed by atoms with E-state index in [0.717, 1.165) is 31.2 Å². The van der Waals surface area contributed by atoms with Crippen LogP contribution in [0, 0.1) is 0 Å². The number of amides is 2. The van der Waals surface area contributed by atoms with Gasteiger partial charge < -0.3 is 20.5 Å². The van der Waals surface area contributed by atoms with E-state index in [0.29, 0.717) is 6.42 Å². The monoisotopic (exact) mass is 306 g/mol. The van der Waals surface area contributed by atoms with Crippen molar-refractivity contribution in [2.75, 3.05) is 13.7 Å². The Balaban J connectivity index is 1.83. The van der Waals surface area contributed by atoms with Crippen LogP contribution >= 0.6 is 0 Å². The van der Waals surface area contributed by atoms with E-state index in [1.807, 2.05) is 30.3 Å². The average molecular weight is 306 g/mol. The van der Waals surface area contributed by atoms with E-state index in [4.69, 9.17) is 4.74 Å². The lowest BCUT2D eigenvalue weighted by atomic mass is 9.92. The second kappa shape index (κ2) is 8.76. The summed E-state index contributed by atoms with van der Waals surface area (Å²) in [7, 11) is 1.69. The summed E-state index contributed by atoms with van der Waals surface area (Å²) in [5.41, 5.74) is 1.09. The molecule has 1 saturated carbocycles. The SMILES string of the molecule is CO[C@H]1CCCC[C@H]1NC(=O)N[C@H](CO)Cc1ccccc1. The topological polar surface area (TPSA) is 70.6 Å². The predicted molar refractivity (Wildman–Crippen MR) is 85.7 cm³/mol. The quantitative estimate of drug-likeness (QED) is 0.751. The molecular formula is C17H26N2O3. The highest BCUT2D eigenvalue weighted by Crippen LogP contribution is 2.20. The average Bonchev–Trinajstić information content (AvgIpc) is 2.55. The highest BCUT2D eigenvalue weighted by molar-refractivity contribution is 5.74. The van der Waals surface area contributed by atoms with Crippen LogP contribution in [0.3, 0.4) is 0 Å². The van der Waals surface area contributed by atoms with E-state index in [1.54, 1.807) is 7.11 Å². The molecule has 1 aliphatic rings. The third-order valence-electron chi connectivity index (χ3n) is 4.20. The van der Waals surface area contributed by atoms with Crippen molar-refractivity contribution in [3.63, 3.8) is 0 Å². The number of aliphatic hydroxyl groups excluding tert-OH is 1. The van der Waals surface area contributed by atoms with Crippen LogP contribution in [0.5, 0.6) is 0 Å². The molecule has 2 rings (SSSR count). The third kappa shape index (κ3) is 5.00. The van der Waals surface area contributed by atoms with Gasteiger partial charge in [0.15, 0.2) is 0 Å². The van der Waals surface area contributed by atoms with E-state index in [-0.39, 0.29) is 30.8 Å². The van der Waals surface area contributed by atoms with Crippen LogP contribution in [0.15, 0.2) is 30.3 Å². The van der Waals surface area contributed by atoms with Crippen molar-refractivity contribution in [1.82, 2.24) is 10.6 Å². The second-order valence-electron chi connectivity index (χ2n) is 5.85. The normalized spacial score (nSPS) is 22.8. The van der Waals surface area contributed by atoms with Gasteiger partial charge in [-0.2, -0.15) is 0 Å². The zero-order valence-corrected chi connectivity index (χ0v) is 13.1. The molecule has 122 valence electrons. The Bertz CT molecular complexity index is 452. The first-order valence-corrected chi connectivity index (χ1v) is 7.97. The molecule has 0 bridgehead atoms. The number of methoxy groups -OCH3 is 1. The first-order valence-electron chi connectivity index (χ1n) is 7.97. The van der Waals surface area contributed by atoms with E-state index in [2.05, 4.69) is 10.6 Å². The molecule has 3 atom stereocenters. The van der Waals surface area contributed by atoms with Gasteiger partial charge in [-0.1, -0.05) is 43.2 Å². The number of benzene rings is 1. The zero-order valence-electron chi connectivity index (χ0n) is 13.1. The van der Waals surface area contributed by atoms with Crippen molar-refractivity contribution < 1.29 is 14.6 Å². The minimum absolute atomic E-state index is 0.0508. The Labute approximate surface area is 132 Å². The standard InChI is InChI=1S/C17H26N2O3/c1-22-16-10-6-5-9-15(16)19-17(21)18-14(12-20)11-13-7-3-2-4-8-13/h2-4,7-8,14-16,20H,5-6,9-12H2,1H3,(H2,18,19,21)/t14-,15+,16-/m0/s1. The Morgan fingerprint density at radius 2 is 2.05 bits per heavy atom. The van der Waals surface area contributed by atoms with Gasteiger partial charge in [-0.3, -0.25) is 0 Å². The van der Waals surface area contributed by atoms with Gasteiger partial charge in [-0.05, 0) is 24.8 Å². The number of carbonyl (C=O) groups excluding carboxylic acids is 1. The van der Waals surface area contributed by atoms with Crippen molar-refractivity contribution in [3.8, 4) is 0 Å². The molecule has 0 saturated heterocycles. The fourth-order valence-electron chi connectivity index (χ4n) is 3.00. The first kappa shape index (κ1) is 16.8. The van der Waals surface area contributed by atoms with Crippen molar-refractivity contribution in [2.24, 2.45) is 0 Å². The molecule has 1 aliphatic carbocycles. The minimum atomic E-state index is -0.285. The molecule has 3 N–H and O–H groups in total. The lowest BCUT2D eigenvalue weighted by Crippen LogP contribution is -2.52. The molecule has 5 nitrogen and oxygen atoms in total. The summed E-state index contributed by atoms with van der Waals surface area (Å²) in [5, 5.41) is 15.3. The van der Waals surface area contributed by atoms with Crippen LogP contribution in [-0.4, -0.2) is 43.0 Å². The molecule has 0 aromatic heterocycles. The fourth-order valence-corrected chi connectivity index (χ4v) is 3.00. The number of hydrogen-bond donors (Lipinski definition) is 3. The van der Waals surface area contributed by atoms with Gasteiger partial charge in [-0.15, -0.1) is 0 Å². The minimum Gasteiger partial charge on any atom is -0.394 e. The van der Waals surface area contributed by atoms with Gasteiger partial charge in [-0.25, -0.2) is 4.79 Å². The van der Waals surface area contributed by atoms with Crippen molar-refractivity contribution >= 4 is 6.03 Å². The fraction of sp³-hybridized carbons (Fsp3) is 0.588. The second-order valence-corrected chi connectivity index (χ2v) is 5.85. The Kier molecular flexibility index (Phi) is 6.68. The van der Waals surface area contributed by atoms with Crippen molar-refractivity contribution in [2.45, 2.75) is 50.3 Å². The third-order valence-corrected chi connectivity index (χ3v) is 4.20. The predicted octanol–water partition coefficient (Wildman–Crippen LogP) is 1.85. The summed E-state index contributed by atoms with van der Waals surface area (Å²) >= 11 is 0. The largest absolute Gasteiger partial charge is 0.394 e. The van der Waals surface area contributed by atoms with E-state index >= 15 is 0 Å². The van der Waals surface area contributed by atoms with Gasteiger partial charge >= 0.3 is 6.03 Å². The lowest BCUT2D eigenvalue weighted by Gasteiger charge is -2.31. The van der Waals surface area contributed by atoms with Gasteiger partial charge in [0.1, 0.15) is 0 Å². The van der Waals surface area contributed by atoms with Gasteiger partial charge in [0.25, 0.3) is 0 Å². The van der Waals surface area contributed by atoms with Crippen LogP contribution in [0.4, 0.5) is 4.79 Å². The number of ether oxygens (including phenoxy) is 1. The smallest absolute Gasteiger partial charge is 0.315 e. The van der Waals surface area contributed by atoms with Crippen LogP contribution in [0.1, 0.15) is 31.2 Å². The number of rotatable bonds is 6. The van der Waals surface area contributed by atoms with E-state index in [9.17, 15) is 9.90 Å². The number of urea groups is 1. The van der Waals surface area contributed by atoms with E-state index in [1.165, 1.54) is 0 Å². The molecule has 0 radical (unpaired) electrons. The number of aliphatic hydroxyl groups is 1. The van der Waals surface area contributed by atoms with Crippen LogP contribution in [0.2, 0.25) is 0 Å².